The number of carbonyl (C=O) groups excluding carboxylic acids is 1. The third kappa shape index (κ3) is 3.65. The van der Waals surface area contributed by atoms with Gasteiger partial charge in [0, 0.05) is 30.0 Å². The van der Waals surface area contributed by atoms with E-state index in [0.29, 0.717) is 0 Å². The fourth-order valence-corrected chi connectivity index (χ4v) is 3.92. The first-order valence-corrected chi connectivity index (χ1v) is 8.57. The number of hydrogen-bond donors (Lipinski definition) is 0. The lowest BCUT2D eigenvalue weighted by Crippen LogP contribution is -2.24. The Morgan fingerprint density at radius 3 is 2.52 bits per heavy atom. The van der Waals surface area contributed by atoms with Crippen LogP contribution >= 0.6 is 15.9 Å². The zero-order chi connectivity index (χ0) is 16.2. The summed E-state index contributed by atoms with van der Waals surface area (Å²) in [5, 5.41) is 0. The van der Waals surface area contributed by atoms with Gasteiger partial charge < -0.3 is 4.74 Å². The monoisotopic (exact) mass is 373 g/mol. The number of likely N-dealkylation sites (tertiary alicyclic amines) is 1. The van der Waals surface area contributed by atoms with Gasteiger partial charge in [0.1, 0.15) is 0 Å². The largest absolute Gasteiger partial charge is 0.469 e. The molecule has 2 aromatic rings. The number of methoxy groups -OCH3 is 1. The Bertz CT molecular complexity index is 674. The van der Waals surface area contributed by atoms with Gasteiger partial charge >= 0.3 is 5.97 Å². The Morgan fingerprint density at radius 2 is 1.83 bits per heavy atom. The first-order chi connectivity index (χ1) is 11.2. The second-order valence-electron chi connectivity index (χ2n) is 5.94. The van der Waals surface area contributed by atoms with Crippen LogP contribution in [0.15, 0.2) is 59.1 Å². The van der Waals surface area contributed by atoms with Crippen molar-refractivity contribution < 1.29 is 9.53 Å². The highest BCUT2D eigenvalue weighted by Crippen LogP contribution is 2.37. The smallest absolute Gasteiger partial charge is 0.310 e. The summed E-state index contributed by atoms with van der Waals surface area (Å²) in [5.41, 5.74) is 2.45. The van der Waals surface area contributed by atoms with Gasteiger partial charge in [-0.05, 0) is 17.2 Å². The van der Waals surface area contributed by atoms with Crippen molar-refractivity contribution in [3.8, 4) is 0 Å². The first-order valence-electron chi connectivity index (χ1n) is 7.77. The van der Waals surface area contributed by atoms with Crippen molar-refractivity contribution in [3.05, 3.63) is 70.2 Å². The molecule has 0 amide bonds. The third-order valence-electron chi connectivity index (χ3n) is 4.45. The van der Waals surface area contributed by atoms with Crippen LogP contribution in [0.2, 0.25) is 0 Å². The molecule has 0 radical (unpaired) electrons. The van der Waals surface area contributed by atoms with Gasteiger partial charge in [0.2, 0.25) is 0 Å². The summed E-state index contributed by atoms with van der Waals surface area (Å²) in [6.45, 7) is 2.44. The highest BCUT2D eigenvalue weighted by molar-refractivity contribution is 9.10. The summed E-state index contributed by atoms with van der Waals surface area (Å²) in [7, 11) is 1.47. The quantitative estimate of drug-likeness (QED) is 0.762. The maximum absolute atomic E-state index is 12.2. The van der Waals surface area contributed by atoms with Gasteiger partial charge in [0.25, 0.3) is 0 Å². The maximum Gasteiger partial charge on any atom is 0.310 e. The molecule has 1 aliphatic heterocycles. The molecule has 0 bridgehead atoms. The molecule has 0 N–H and O–H groups in total. The fraction of sp³-hybridized carbons (Fsp3) is 0.316. The van der Waals surface area contributed by atoms with E-state index in [4.69, 9.17) is 4.74 Å². The Hall–Kier alpha value is -1.65. The van der Waals surface area contributed by atoms with Crippen LogP contribution in [0.1, 0.15) is 17.0 Å². The van der Waals surface area contributed by atoms with Crippen LogP contribution in [0.25, 0.3) is 0 Å². The Balaban J connectivity index is 1.82. The number of esters is 1. The van der Waals surface area contributed by atoms with E-state index >= 15 is 0 Å². The second kappa shape index (κ2) is 7.28. The van der Waals surface area contributed by atoms with Gasteiger partial charge in [0.15, 0.2) is 0 Å². The van der Waals surface area contributed by atoms with E-state index < -0.39 is 0 Å². The van der Waals surface area contributed by atoms with Gasteiger partial charge in [-0.3, -0.25) is 9.69 Å². The lowest BCUT2D eigenvalue weighted by molar-refractivity contribution is -0.145. The number of benzene rings is 2. The Morgan fingerprint density at radius 1 is 1.13 bits per heavy atom. The molecule has 1 heterocycles. The number of halogens is 1. The lowest BCUT2D eigenvalue weighted by Gasteiger charge is -2.18. The molecular formula is C19H20BrNO2. The molecule has 4 heteroatoms. The molecule has 0 aromatic heterocycles. The van der Waals surface area contributed by atoms with Crippen LogP contribution < -0.4 is 0 Å². The van der Waals surface area contributed by atoms with Crippen molar-refractivity contribution in [2.24, 2.45) is 5.92 Å². The van der Waals surface area contributed by atoms with Crippen LogP contribution in [-0.2, 0) is 16.1 Å². The zero-order valence-electron chi connectivity index (χ0n) is 13.1. The van der Waals surface area contributed by atoms with E-state index in [2.05, 4.69) is 51.2 Å². The van der Waals surface area contributed by atoms with Gasteiger partial charge in [-0.25, -0.2) is 0 Å². The minimum absolute atomic E-state index is 0.123. The molecule has 0 spiro atoms. The predicted octanol–water partition coefficient (Wildman–Crippen LogP) is 3.84. The highest BCUT2D eigenvalue weighted by atomic mass is 79.9. The second-order valence-corrected chi connectivity index (χ2v) is 6.79. The van der Waals surface area contributed by atoms with Crippen molar-refractivity contribution in [1.82, 2.24) is 4.90 Å². The first kappa shape index (κ1) is 16.2. The fourth-order valence-electron chi connectivity index (χ4n) is 3.34. The molecular weight excluding hydrogens is 354 g/mol. The van der Waals surface area contributed by atoms with Crippen LogP contribution in [0.5, 0.6) is 0 Å². The third-order valence-corrected chi connectivity index (χ3v) is 5.18. The van der Waals surface area contributed by atoms with Crippen molar-refractivity contribution in [3.63, 3.8) is 0 Å². The van der Waals surface area contributed by atoms with Crippen molar-refractivity contribution >= 4 is 21.9 Å². The molecule has 120 valence electrons. The molecule has 0 unspecified atom stereocenters. The van der Waals surface area contributed by atoms with Gasteiger partial charge in [0.05, 0.1) is 13.0 Å². The standard InChI is InChI=1S/C19H20BrNO2/c1-23-19(22)17-13-21(11-14-7-3-2-4-8-14)12-16(17)15-9-5-6-10-18(15)20/h2-10,16-17H,11-13H2,1H3/t16-,17+/m0/s1. The molecule has 0 saturated carbocycles. The molecule has 1 fully saturated rings. The minimum atomic E-state index is -0.124. The highest BCUT2D eigenvalue weighted by Gasteiger charge is 2.39. The molecule has 2 atom stereocenters. The summed E-state index contributed by atoms with van der Waals surface area (Å²) in [4.78, 5) is 14.6. The molecule has 3 nitrogen and oxygen atoms in total. The van der Waals surface area contributed by atoms with Gasteiger partial charge in [-0.1, -0.05) is 64.5 Å². The summed E-state index contributed by atoms with van der Waals surface area (Å²) >= 11 is 3.62. The molecule has 0 aliphatic carbocycles. The van der Waals surface area contributed by atoms with Crippen LogP contribution in [-0.4, -0.2) is 31.1 Å². The summed E-state index contributed by atoms with van der Waals surface area (Å²) in [6, 6.07) is 18.5. The molecule has 3 rings (SSSR count). The number of nitrogens with zero attached hydrogens (tertiary/aromatic N) is 1. The van der Waals surface area contributed by atoms with Crippen LogP contribution in [0, 0.1) is 5.92 Å². The van der Waals surface area contributed by atoms with E-state index in [-0.39, 0.29) is 17.8 Å². The summed E-state index contributed by atoms with van der Waals surface area (Å²) in [6.07, 6.45) is 0. The summed E-state index contributed by atoms with van der Waals surface area (Å²) < 4.78 is 6.10. The number of carbonyl (C=O) groups is 1. The zero-order valence-corrected chi connectivity index (χ0v) is 14.7. The number of hydrogen-bond acceptors (Lipinski definition) is 3. The molecule has 1 saturated heterocycles. The van der Waals surface area contributed by atoms with E-state index in [1.807, 2.05) is 24.3 Å². The van der Waals surface area contributed by atoms with Crippen LogP contribution in [0.4, 0.5) is 0 Å². The maximum atomic E-state index is 12.2. The van der Waals surface area contributed by atoms with E-state index in [9.17, 15) is 4.79 Å². The molecule has 23 heavy (non-hydrogen) atoms. The minimum Gasteiger partial charge on any atom is -0.469 e. The van der Waals surface area contributed by atoms with Gasteiger partial charge in [-0.2, -0.15) is 0 Å². The molecule has 1 aliphatic rings. The van der Waals surface area contributed by atoms with Crippen molar-refractivity contribution in [2.45, 2.75) is 12.5 Å². The van der Waals surface area contributed by atoms with Crippen LogP contribution in [0.3, 0.4) is 0 Å². The van der Waals surface area contributed by atoms with Gasteiger partial charge in [-0.15, -0.1) is 0 Å². The van der Waals surface area contributed by atoms with E-state index in [1.54, 1.807) is 0 Å². The number of rotatable bonds is 4. The average Bonchev–Trinajstić information content (AvgIpc) is 2.99. The SMILES string of the molecule is COC(=O)[C@@H]1CN(Cc2ccccc2)C[C@H]1c1ccccc1Br. The Labute approximate surface area is 145 Å². The van der Waals surface area contributed by atoms with E-state index in [0.717, 1.165) is 24.1 Å². The van der Waals surface area contributed by atoms with Crippen molar-refractivity contribution in [2.75, 3.05) is 20.2 Å². The number of ether oxygens (including phenoxy) is 1. The van der Waals surface area contributed by atoms with Crippen molar-refractivity contribution in [1.29, 1.82) is 0 Å². The van der Waals surface area contributed by atoms with E-state index in [1.165, 1.54) is 18.2 Å². The molecule has 2 aromatic carbocycles. The summed E-state index contributed by atoms with van der Waals surface area (Å²) in [5.74, 6) is -0.0922. The normalized spacial score (nSPS) is 21.3. The topological polar surface area (TPSA) is 29.5 Å². The predicted molar refractivity (Wildman–Crippen MR) is 94.1 cm³/mol. The average molecular weight is 374 g/mol. The Kier molecular flexibility index (Phi) is 5.13. The lowest BCUT2D eigenvalue weighted by atomic mass is 9.89.